The second-order valence-electron chi connectivity index (χ2n) is 2.38. The van der Waals surface area contributed by atoms with Crippen LogP contribution in [0.1, 0.15) is 5.56 Å². The largest absolute Gasteiger partial charge is 0.418 e. The first kappa shape index (κ1) is 10.4. The molecular formula is C8H4F4N2. The average Bonchev–Trinajstić information content (AvgIpc) is 2.07. The molecule has 0 saturated carbocycles. The first-order valence-electron chi connectivity index (χ1n) is 3.44. The van der Waals surface area contributed by atoms with Gasteiger partial charge in [-0.05, 0) is 18.2 Å². The van der Waals surface area contributed by atoms with E-state index < -0.39 is 23.2 Å². The average molecular weight is 204 g/mol. The summed E-state index contributed by atoms with van der Waals surface area (Å²) in [6.07, 6.45) is -4.68. The number of hydrogen-bond donors (Lipinski definition) is 1. The van der Waals surface area contributed by atoms with Crippen molar-refractivity contribution in [2.24, 2.45) is 4.99 Å². The zero-order valence-corrected chi connectivity index (χ0v) is 6.69. The van der Waals surface area contributed by atoms with Crippen LogP contribution in [0.25, 0.3) is 0 Å². The van der Waals surface area contributed by atoms with E-state index in [9.17, 15) is 17.6 Å². The zero-order chi connectivity index (χ0) is 10.8. The summed E-state index contributed by atoms with van der Waals surface area (Å²) in [5.74, 6) is -0.999. The molecule has 0 radical (unpaired) electrons. The second-order valence-corrected chi connectivity index (χ2v) is 2.38. The zero-order valence-electron chi connectivity index (χ0n) is 6.69. The highest BCUT2D eigenvalue weighted by Crippen LogP contribution is 2.36. The monoisotopic (exact) mass is 204 g/mol. The van der Waals surface area contributed by atoms with E-state index in [0.717, 1.165) is 12.1 Å². The number of alkyl halides is 3. The molecule has 0 fully saturated rings. The molecule has 0 aliphatic rings. The number of hydrogen-bond acceptors (Lipinski definition) is 2. The van der Waals surface area contributed by atoms with E-state index in [1.165, 1.54) is 6.01 Å². The van der Waals surface area contributed by atoms with Gasteiger partial charge in [0.05, 0.1) is 17.3 Å². The number of nitrogens with one attached hydrogen (secondary N) is 1. The summed E-state index contributed by atoms with van der Waals surface area (Å²) in [6.45, 7) is 0. The van der Waals surface area contributed by atoms with Crippen molar-refractivity contribution in [1.29, 1.82) is 5.41 Å². The maximum atomic E-state index is 12.5. The Kier molecular flexibility index (Phi) is 2.67. The summed E-state index contributed by atoms with van der Waals surface area (Å²) in [7, 11) is 0. The van der Waals surface area contributed by atoms with Crippen LogP contribution in [-0.4, -0.2) is 6.01 Å². The van der Waals surface area contributed by atoms with E-state index >= 15 is 0 Å². The molecule has 0 spiro atoms. The molecule has 0 unspecified atom stereocenters. The molecule has 0 aliphatic heterocycles. The van der Waals surface area contributed by atoms with Crippen LogP contribution in [-0.2, 0) is 6.18 Å². The molecule has 0 atom stereocenters. The number of aliphatic imine (C=N–C) groups is 1. The van der Waals surface area contributed by atoms with Crippen LogP contribution < -0.4 is 0 Å². The van der Waals surface area contributed by atoms with Crippen molar-refractivity contribution in [3.8, 4) is 0 Å². The van der Waals surface area contributed by atoms with Gasteiger partial charge >= 0.3 is 6.18 Å². The van der Waals surface area contributed by atoms with Gasteiger partial charge in [-0.25, -0.2) is 9.80 Å². The van der Waals surface area contributed by atoms with Crippen LogP contribution in [0.5, 0.6) is 0 Å². The van der Waals surface area contributed by atoms with Gasteiger partial charge in [-0.1, -0.05) is 0 Å². The molecule has 6 heteroatoms. The number of nitrogens with zero attached hydrogens (tertiary/aromatic N) is 1. The van der Waals surface area contributed by atoms with E-state index in [1.807, 2.05) is 0 Å². The van der Waals surface area contributed by atoms with Crippen molar-refractivity contribution >= 4 is 11.7 Å². The van der Waals surface area contributed by atoms with E-state index in [1.54, 1.807) is 0 Å². The molecule has 0 aromatic heterocycles. The first-order valence-corrected chi connectivity index (χ1v) is 3.44. The summed E-state index contributed by atoms with van der Waals surface area (Å²) in [5.41, 5.74) is -1.73. The number of rotatable bonds is 1. The quantitative estimate of drug-likeness (QED) is 0.538. The highest BCUT2D eigenvalue weighted by Gasteiger charge is 2.33. The minimum Gasteiger partial charge on any atom is -0.241 e. The standard InChI is InChI=1S/C8H4F4N2/c9-5-1-2-7(14-4-13)6(3-5)8(10,11)12/h1-3,13H. The van der Waals surface area contributed by atoms with Crippen LogP contribution in [0.15, 0.2) is 23.2 Å². The summed E-state index contributed by atoms with van der Waals surface area (Å²) in [4.78, 5) is 3.04. The third-order valence-corrected chi connectivity index (χ3v) is 1.44. The first-order chi connectivity index (χ1) is 6.45. The van der Waals surface area contributed by atoms with Crippen LogP contribution in [0.4, 0.5) is 23.2 Å². The highest BCUT2D eigenvalue weighted by molar-refractivity contribution is 5.55. The van der Waals surface area contributed by atoms with E-state index in [0.29, 0.717) is 6.07 Å². The Morgan fingerprint density at radius 2 is 1.93 bits per heavy atom. The molecule has 1 rings (SSSR count). The molecule has 14 heavy (non-hydrogen) atoms. The number of halogens is 4. The van der Waals surface area contributed by atoms with Gasteiger partial charge < -0.3 is 0 Å². The lowest BCUT2D eigenvalue weighted by atomic mass is 10.1. The number of benzene rings is 1. The van der Waals surface area contributed by atoms with E-state index in [-0.39, 0.29) is 0 Å². The second kappa shape index (κ2) is 3.59. The van der Waals surface area contributed by atoms with Crippen LogP contribution in [0.3, 0.4) is 0 Å². The molecule has 2 nitrogen and oxygen atoms in total. The summed E-state index contributed by atoms with van der Waals surface area (Å²) in [5, 5.41) is 6.42. The maximum Gasteiger partial charge on any atom is 0.418 e. The summed E-state index contributed by atoms with van der Waals surface area (Å²) in [6, 6.07) is 3.48. The Hall–Kier alpha value is -1.68. The van der Waals surface area contributed by atoms with Gasteiger partial charge in [0.15, 0.2) is 0 Å². The minimum absolute atomic E-state index is 0.330. The molecule has 0 aliphatic carbocycles. The summed E-state index contributed by atoms with van der Waals surface area (Å²) < 4.78 is 49.2. The molecule has 1 aromatic carbocycles. The van der Waals surface area contributed by atoms with Gasteiger partial charge in [0.2, 0.25) is 0 Å². The van der Waals surface area contributed by atoms with Crippen LogP contribution in [0, 0.1) is 11.2 Å². The molecule has 1 aromatic rings. The van der Waals surface area contributed by atoms with E-state index in [2.05, 4.69) is 4.99 Å². The lowest BCUT2D eigenvalue weighted by Gasteiger charge is -2.08. The van der Waals surface area contributed by atoms with Crippen molar-refractivity contribution in [2.45, 2.75) is 6.18 Å². The SMILES string of the molecule is N=C=Nc1ccc(F)cc1C(F)(F)F. The molecule has 1 N–H and O–H groups in total. The Morgan fingerprint density at radius 1 is 1.29 bits per heavy atom. The molecule has 0 saturated heterocycles. The van der Waals surface area contributed by atoms with Crippen molar-refractivity contribution in [3.05, 3.63) is 29.6 Å². The van der Waals surface area contributed by atoms with Gasteiger partial charge in [-0.3, -0.25) is 0 Å². The smallest absolute Gasteiger partial charge is 0.241 e. The maximum absolute atomic E-state index is 12.5. The predicted octanol–water partition coefficient (Wildman–Crippen LogP) is 3.23. The summed E-state index contributed by atoms with van der Waals surface area (Å²) >= 11 is 0. The van der Waals surface area contributed by atoms with Crippen LogP contribution >= 0.6 is 0 Å². The Labute approximate surface area is 76.4 Å². The predicted molar refractivity (Wildman–Crippen MR) is 41.2 cm³/mol. The molecule has 74 valence electrons. The van der Waals surface area contributed by atoms with Crippen LogP contribution in [0.2, 0.25) is 0 Å². The van der Waals surface area contributed by atoms with Gasteiger partial charge in [0, 0.05) is 0 Å². The van der Waals surface area contributed by atoms with Gasteiger partial charge in [0.25, 0.3) is 0 Å². The van der Waals surface area contributed by atoms with Crippen molar-refractivity contribution < 1.29 is 17.6 Å². The Morgan fingerprint density at radius 3 is 2.43 bits per heavy atom. The van der Waals surface area contributed by atoms with Gasteiger partial charge in [-0.15, -0.1) is 0 Å². The Balaban J connectivity index is 3.37. The molecule has 0 amide bonds. The third kappa shape index (κ3) is 2.17. The van der Waals surface area contributed by atoms with Crippen molar-refractivity contribution in [1.82, 2.24) is 0 Å². The van der Waals surface area contributed by atoms with Crippen molar-refractivity contribution in [3.63, 3.8) is 0 Å². The molecule has 0 heterocycles. The highest BCUT2D eigenvalue weighted by atomic mass is 19.4. The molecular weight excluding hydrogens is 200 g/mol. The fourth-order valence-electron chi connectivity index (χ4n) is 0.893. The molecule has 0 bridgehead atoms. The normalized spacial score (nSPS) is 10.9. The fourth-order valence-corrected chi connectivity index (χ4v) is 0.893. The Bertz CT molecular complexity index is 391. The fraction of sp³-hybridized carbons (Fsp3) is 0.125. The third-order valence-electron chi connectivity index (χ3n) is 1.44. The lowest BCUT2D eigenvalue weighted by Crippen LogP contribution is -2.05. The van der Waals surface area contributed by atoms with Gasteiger partial charge in [-0.2, -0.15) is 18.2 Å². The minimum atomic E-state index is -4.68. The topological polar surface area (TPSA) is 36.2 Å². The lowest BCUT2D eigenvalue weighted by molar-refractivity contribution is -0.137. The van der Waals surface area contributed by atoms with Gasteiger partial charge in [0.1, 0.15) is 5.82 Å². The van der Waals surface area contributed by atoms with E-state index in [4.69, 9.17) is 5.41 Å². The van der Waals surface area contributed by atoms with Crippen molar-refractivity contribution in [2.75, 3.05) is 0 Å².